The Morgan fingerprint density at radius 3 is 2.60 bits per heavy atom. The zero-order valence-corrected chi connectivity index (χ0v) is 16.5. The first-order valence-corrected chi connectivity index (χ1v) is 10.3. The van der Waals surface area contributed by atoms with Crippen LogP contribution in [0.25, 0.3) is 5.65 Å². The van der Waals surface area contributed by atoms with E-state index in [0.29, 0.717) is 37.9 Å². The molecule has 2 aromatic heterocycles. The van der Waals surface area contributed by atoms with E-state index >= 15 is 0 Å². The number of halogens is 3. The molecule has 0 amide bonds. The van der Waals surface area contributed by atoms with Crippen LogP contribution in [-0.2, 0) is 23.9 Å². The molecule has 8 heteroatoms. The Morgan fingerprint density at radius 2 is 1.87 bits per heavy atom. The molecule has 1 saturated carbocycles. The van der Waals surface area contributed by atoms with E-state index in [1.165, 1.54) is 4.40 Å². The van der Waals surface area contributed by atoms with Crippen molar-refractivity contribution in [1.29, 1.82) is 0 Å². The Morgan fingerprint density at radius 1 is 1.07 bits per heavy atom. The van der Waals surface area contributed by atoms with Crippen LogP contribution in [0.15, 0.2) is 42.6 Å². The molecule has 1 unspecified atom stereocenters. The molecule has 0 bridgehead atoms. The summed E-state index contributed by atoms with van der Waals surface area (Å²) in [6.45, 7) is 1.72. The van der Waals surface area contributed by atoms with Gasteiger partial charge in [0.1, 0.15) is 11.4 Å². The van der Waals surface area contributed by atoms with Gasteiger partial charge in [0, 0.05) is 25.7 Å². The van der Waals surface area contributed by atoms with Crippen LogP contribution in [0.2, 0.25) is 0 Å². The van der Waals surface area contributed by atoms with Crippen molar-refractivity contribution in [2.45, 2.75) is 38.0 Å². The molecule has 5 nitrogen and oxygen atoms in total. The fourth-order valence-electron chi connectivity index (χ4n) is 4.23. The van der Waals surface area contributed by atoms with Crippen molar-refractivity contribution >= 4 is 5.65 Å². The normalized spacial score (nSPS) is 20.7. The van der Waals surface area contributed by atoms with Crippen molar-refractivity contribution in [1.82, 2.24) is 19.5 Å². The Labute approximate surface area is 172 Å². The molecule has 1 aliphatic heterocycles. The first-order chi connectivity index (χ1) is 14.5. The second-order valence-electron chi connectivity index (χ2n) is 8.14. The lowest BCUT2D eigenvalue weighted by Crippen LogP contribution is -2.39. The SMILES string of the molecule is FC(F)(F)c1c(CN2CCOCC2c2ccccc2)ccn2c(CC3CC3)nnc12. The van der Waals surface area contributed by atoms with Crippen LogP contribution in [0.3, 0.4) is 0 Å². The summed E-state index contributed by atoms with van der Waals surface area (Å²) in [6.07, 6.45) is 0.0806. The van der Waals surface area contributed by atoms with Crippen LogP contribution < -0.4 is 0 Å². The predicted molar refractivity (Wildman–Crippen MR) is 105 cm³/mol. The van der Waals surface area contributed by atoms with Gasteiger partial charge in [-0.05, 0) is 36.0 Å². The molecule has 5 rings (SSSR count). The maximum Gasteiger partial charge on any atom is 0.420 e. The number of morpholine rings is 1. The molecule has 0 N–H and O–H groups in total. The summed E-state index contributed by atoms with van der Waals surface area (Å²) in [6, 6.07) is 11.3. The van der Waals surface area contributed by atoms with Gasteiger partial charge in [0.25, 0.3) is 0 Å². The summed E-state index contributed by atoms with van der Waals surface area (Å²) in [5, 5.41) is 8.03. The van der Waals surface area contributed by atoms with Gasteiger partial charge < -0.3 is 4.74 Å². The summed E-state index contributed by atoms with van der Waals surface area (Å²) in [5.41, 5.74) is 0.488. The lowest BCUT2D eigenvalue weighted by atomic mass is 10.0. The molecule has 1 atom stereocenters. The maximum absolute atomic E-state index is 14.1. The highest BCUT2D eigenvalue weighted by Crippen LogP contribution is 2.38. The van der Waals surface area contributed by atoms with Crippen molar-refractivity contribution in [3.05, 3.63) is 65.1 Å². The Bertz CT molecular complexity index is 1030. The highest BCUT2D eigenvalue weighted by Gasteiger charge is 2.39. The van der Waals surface area contributed by atoms with Crippen molar-refractivity contribution < 1.29 is 17.9 Å². The van der Waals surface area contributed by atoms with E-state index in [1.807, 2.05) is 30.3 Å². The first-order valence-electron chi connectivity index (χ1n) is 10.3. The average Bonchev–Trinajstić information content (AvgIpc) is 3.47. The zero-order chi connectivity index (χ0) is 20.7. The van der Waals surface area contributed by atoms with Crippen molar-refractivity contribution in [3.63, 3.8) is 0 Å². The van der Waals surface area contributed by atoms with E-state index < -0.39 is 11.7 Å². The van der Waals surface area contributed by atoms with Crippen LogP contribution >= 0.6 is 0 Å². The van der Waals surface area contributed by atoms with Crippen LogP contribution in [0.5, 0.6) is 0 Å². The van der Waals surface area contributed by atoms with E-state index in [-0.39, 0.29) is 23.8 Å². The molecular weight excluding hydrogens is 393 g/mol. The molecule has 1 aromatic carbocycles. The lowest BCUT2D eigenvalue weighted by molar-refractivity contribution is -0.137. The van der Waals surface area contributed by atoms with Crippen molar-refractivity contribution in [3.8, 4) is 0 Å². The number of alkyl halides is 3. The Balaban J connectivity index is 1.51. The number of ether oxygens (including phenoxy) is 1. The summed E-state index contributed by atoms with van der Waals surface area (Å²) in [7, 11) is 0. The van der Waals surface area contributed by atoms with E-state index in [0.717, 1.165) is 18.4 Å². The second kappa shape index (κ2) is 7.67. The van der Waals surface area contributed by atoms with Gasteiger partial charge >= 0.3 is 6.18 Å². The number of aromatic nitrogens is 3. The predicted octanol–water partition coefficient (Wildman–Crippen LogP) is 4.27. The second-order valence-corrected chi connectivity index (χ2v) is 8.14. The average molecular weight is 416 g/mol. The fraction of sp³-hybridized carbons (Fsp3) is 0.455. The first kappa shape index (κ1) is 19.5. The quantitative estimate of drug-likeness (QED) is 0.623. The van der Waals surface area contributed by atoms with Gasteiger partial charge in [-0.15, -0.1) is 10.2 Å². The van der Waals surface area contributed by atoms with E-state index in [1.54, 1.807) is 12.3 Å². The van der Waals surface area contributed by atoms with Crippen LogP contribution in [0, 0.1) is 5.92 Å². The summed E-state index contributed by atoms with van der Waals surface area (Å²) in [4.78, 5) is 2.06. The van der Waals surface area contributed by atoms with Gasteiger partial charge in [0.05, 0.1) is 19.3 Å². The monoisotopic (exact) mass is 416 g/mol. The third-order valence-electron chi connectivity index (χ3n) is 5.98. The smallest absolute Gasteiger partial charge is 0.378 e. The highest BCUT2D eigenvalue weighted by atomic mass is 19.4. The van der Waals surface area contributed by atoms with Crippen LogP contribution in [-0.4, -0.2) is 39.3 Å². The Hall–Kier alpha value is -2.45. The zero-order valence-electron chi connectivity index (χ0n) is 16.5. The van der Waals surface area contributed by atoms with Crippen LogP contribution in [0.4, 0.5) is 13.2 Å². The minimum atomic E-state index is -4.50. The standard InChI is InChI=1S/C22H23F3N4O/c23-22(24,25)20-17(8-9-29-19(12-15-6-7-15)26-27-21(20)29)13-28-10-11-30-14-18(28)16-4-2-1-3-5-16/h1-5,8-9,15,18H,6-7,10-14H2. The molecule has 0 spiro atoms. The van der Waals surface area contributed by atoms with Gasteiger partial charge in [-0.2, -0.15) is 13.2 Å². The summed E-state index contributed by atoms with van der Waals surface area (Å²) < 4.78 is 49.5. The van der Waals surface area contributed by atoms with Gasteiger partial charge in [-0.3, -0.25) is 9.30 Å². The molecule has 1 saturated heterocycles. The van der Waals surface area contributed by atoms with Crippen molar-refractivity contribution in [2.24, 2.45) is 5.92 Å². The largest absolute Gasteiger partial charge is 0.420 e. The minimum absolute atomic E-state index is 0.0828. The number of nitrogens with zero attached hydrogens (tertiary/aromatic N) is 4. The van der Waals surface area contributed by atoms with Crippen LogP contribution in [0.1, 0.15) is 41.4 Å². The molecule has 2 aliphatic rings. The number of hydrogen-bond acceptors (Lipinski definition) is 4. The molecule has 3 aromatic rings. The number of pyridine rings is 1. The third kappa shape index (κ3) is 3.81. The molecule has 30 heavy (non-hydrogen) atoms. The maximum atomic E-state index is 14.1. The van der Waals surface area contributed by atoms with E-state index in [4.69, 9.17) is 4.74 Å². The minimum Gasteiger partial charge on any atom is -0.378 e. The van der Waals surface area contributed by atoms with Gasteiger partial charge in [-0.25, -0.2) is 0 Å². The fourth-order valence-corrected chi connectivity index (χ4v) is 4.23. The summed E-state index contributed by atoms with van der Waals surface area (Å²) in [5.74, 6) is 1.13. The van der Waals surface area contributed by atoms with Crippen molar-refractivity contribution in [2.75, 3.05) is 19.8 Å². The van der Waals surface area contributed by atoms with Gasteiger partial charge in [0.15, 0.2) is 5.65 Å². The molecule has 0 radical (unpaired) electrons. The Kier molecular flexibility index (Phi) is 4.99. The van der Waals surface area contributed by atoms with E-state index in [2.05, 4.69) is 15.1 Å². The molecular formula is C22H23F3N4O. The molecule has 2 fully saturated rings. The van der Waals surface area contributed by atoms with E-state index in [9.17, 15) is 13.2 Å². The molecule has 158 valence electrons. The van der Waals surface area contributed by atoms with Gasteiger partial charge in [-0.1, -0.05) is 30.3 Å². The lowest BCUT2D eigenvalue weighted by Gasteiger charge is -2.36. The number of rotatable bonds is 5. The topological polar surface area (TPSA) is 42.7 Å². The highest BCUT2D eigenvalue weighted by molar-refractivity contribution is 5.53. The third-order valence-corrected chi connectivity index (χ3v) is 5.98. The number of hydrogen-bond donors (Lipinski definition) is 0. The molecule has 3 heterocycles. The van der Waals surface area contributed by atoms with Gasteiger partial charge in [0.2, 0.25) is 0 Å². The number of benzene rings is 1. The number of fused-ring (bicyclic) bond motifs is 1. The molecule has 1 aliphatic carbocycles. The summed E-state index contributed by atoms with van der Waals surface area (Å²) >= 11 is 0.